The first-order chi connectivity index (χ1) is 9.92. The van der Waals surface area contributed by atoms with E-state index in [0.29, 0.717) is 0 Å². The van der Waals surface area contributed by atoms with Crippen molar-refractivity contribution in [3.8, 4) is 11.1 Å². The molecule has 4 aromatic rings. The molecule has 0 aliphatic heterocycles. The summed E-state index contributed by atoms with van der Waals surface area (Å²) < 4.78 is 0. The fourth-order valence-electron chi connectivity index (χ4n) is 3.54. The molecule has 0 fully saturated rings. The van der Waals surface area contributed by atoms with Gasteiger partial charge in [-0.15, -0.1) is 0 Å². The largest absolute Gasteiger partial charge is 0.354 e. The van der Waals surface area contributed by atoms with E-state index >= 15 is 0 Å². The van der Waals surface area contributed by atoms with Crippen molar-refractivity contribution < 1.29 is 0 Å². The maximum absolute atomic E-state index is 3.61. The van der Waals surface area contributed by atoms with Crippen molar-refractivity contribution in [3.63, 3.8) is 0 Å². The van der Waals surface area contributed by atoms with E-state index < -0.39 is 0 Å². The van der Waals surface area contributed by atoms with Crippen LogP contribution in [0.5, 0.6) is 0 Å². The minimum Gasteiger partial charge on any atom is -0.354 e. The van der Waals surface area contributed by atoms with Crippen molar-refractivity contribution in [2.45, 2.75) is 36.1 Å². The number of fused-ring (bicyclic) bond motifs is 7. The summed E-state index contributed by atoms with van der Waals surface area (Å²) in [5.41, 5.74) is 8.20. The molecule has 0 bridgehead atoms. The summed E-state index contributed by atoms with van der Waals surface area (Å²) in [6, 6.07) is 21.8. The van der Waals surface area contributed by atoms with Gasteiger partial charge in [-0.3, -0.25) is 0 Å². The zero-order valence-corrected chi connectivity index (χ0v) is 11.0. The van der Waals surface area contributed by atoms with E-state index in [4.69, 9.17) is 0 Å². The van der Waals surface area contributed by atoms with Crippen LogP contribution in [0, 0.1) is 0 Å². The molecule has 24 heavy (non-hydrogen) atoms. The van der Waals surface area contributed by atoms with Gasteiger partial charge in [-0.25, -0.2) is 0 Å². The lowest BCUT2D eigenvalue weighted by molar-refractivity contribution is 1.27. The summed E-state index contributed by atoms with van der Waals surface area (Å²) in [5, 5.41) is 2.66. The second-order valence-corrected chi connectivity index (χ2v) is 5.52. The Kier molecular flexibility index (Phi) is 5.62. The first-order valence-corrected chi connectivity index (χ1v) is 7.02. The SMILES string of the molecule is C.C.C.C.c1ccc2c(c1)Cc1c-2ccc2c1[nH]c1ccccc12. The molecule has 1 aliphatic carbocycles. The Morgan fingerprint density at radius 3 is 2.17 bits per heavy atom. The summed E-state index contributed by atoms with van der Waals surface area (Å²) in [6.07, 6.45) is 1.04. The zero-order valence-electron chi connectivity index (χ0n) is 11.0. The molecule has 0 saturated heterocycles. The maximum Gasteiger partial charge on any atom is 0.0507 e. The third-order valence-electron chi connectivity index (χ3n) is 4.46. The summed E-state index contributed by atoms with van der Waals surface area (Å²) in [5.74, 6) is 0. The molecular weight excluding hydrogens is 290 g/mol. The molecule has 0 amide bonds. The van der Waals surface area contributed by atoms with Gasteiger partial charge in [-0.05, 0) is 28.3 Å². The number of rotatable bonds is 0. The number of H-pyrrole nitrogens is 1. The van der Waals surface area contributed by atoms with Gasteiger partial charge in [0.1, 0.15) is 0 Å². The monoisotopic (exact) mass is 319 g/mol. The number of hydrogen-bond donors (Lipinski definition) is 1. The molecule has 0 unspecified atom stereocenters. The predicted molar refractivity (Wildman–Crippen MR) is 111 cm³/mol. The van der Waals surface area contributed by atoms with Crippen LogP contribution in [0.15, 0.2) is 60.7 Å². The summed E-state index contributed by atoms with van der Waals surface area (Å²) in [6.45, 7) is 0. The highest BCUT2D eigenvalue weighted by atomic mass is 14.7. The van der Waals surface area contributed by atoms with E-state index in [0.717, 1.165) is 6.42 Å². The Bertz CT molecular complexity index is 976. The Morgan fingerprint density at radius 1 is 0.625 bits per heavy atom. The van der Waals surface area contributed by atoms with Gasteiger partial charge < -0.3 is 4.98 Å². The van der Waals surface area contributed by atoms with Crippen LogP contribution < -0.4 is 0 Å². The quantitative estimate of drug-likeness (QED) is 0.305. The molecule has 0 spiro atoms. The molecule has 0 saturated carbocycles. The van der Waals surface area contributed by atoms with Gasteiger partial charge in [-0.1, -0.05) is 84.3 Å². The molecule has 1 N–H and O–H groups in total. The molecule has 1 heterocycles. The smallest absolute Gasteiger partial charge is 0.0507 e. The van der Waals surface area contributed by atoms with Gasteiger partial charge in [0.05, 0.1) is 5.52 Å². The lowest BCUT2D eigenvalue weighted by atomic mass is 10.0. The molecule has 1 nitrogen and oxygen atoms in total. The molecule has 126 valence electrons. The Balaban J connectivity index is 0.000000720. The van der Waals surface area contributed by atoms with Gasteiger partial charge in [0.15, 0.2) is 0 Å². The Labute approximate surface area is 146 Å². The number of aromatic amines is 1. The van der Waals surface area contributed by atoms with Gasteiger partial charge >= 0.3 is 0 Å². The van der Waals surface area contributed by atoms with Crippen LogP contribution >= 0.6 is 0 Å². The fraction of sp³-hybridized carbons (Fsp3) is 0.217. The number of benzene rings is 3. The molecule has 1 aromatic heterocycles. The number of hydrogen-bond acceptors (Lipinski definition) is 0. The maximum atomic E-state index is 3.61. The van der Waals surface area contributed by atoms with Gasteiger partial charge in [-0.2, -0.15) is 0 Å². The highest BCUT2D eigenvalue weighted by Gasteiger charge is 2.21. The van der Waals surface area contributed by atoms with Crippen LogP contribution in [-0.2, 0) is 6.42 Å². The third-order valence-corrected chi connectivity index (χ3v) is 4.46. The minimum absolute atomic E-state index is 0. The highest BCUT2D eigenvalue weighted by Crippen LogP contribution is 2.41. The number of aromatic nitrogens is 1. The van der Waals surface area contributed by atoms with E-state index in [1.165, 1.54) is 44.1 Å². The van der Waals surface area contributed by atoms with E-state index in [9.17, 15) is 0 Å². The normalized spacial score (nSPS) is 10.7. The average Bonchev–Trinajstić information content (AvgIpc) is 3.05. The second-order valence-electron chi connectivity index (χ2n) is 5.52. The Hall–Kier alpha value is -2.54. The zero-order chi connectivity index (χ0) is 13.1. The topological polar surface area (TPSA) is 15.8 Å². The molecular formula is C23H29N. The highest BCUT2D eigenvalue weighted by molar-refractivity contribution is 6.10. The van der Waals surface area contributed by atoms with Crippen LogP contribution in [0.25, 0.3) is 32.9 Å². The summed E-state index contributed by atoms with van der Waals surface area (Å²) in [4.78, 5) is 3.61. The molecule has 0 radical (unpaired) electrons. The molecule has 5 rings (SSSR count). The van der Waals surface area contributed by atoms with E-state index in [-0.39, 0.29) is 29.7 Å². The number of nitrogens with one attached hydrogen (secondary N) is 1. The molecule has 3 aromatic carbocycles. The van der Waals surface area contributed by atoms with Crippen molar-refractivity contribution in [1.82, 2.24) is 4.98 Å². The van der Waals surface area contributed by atoms with Crippen molar-refractivity contribution in [1.29, 1.82) is 0 Å². The van der Waals surface area contributed by atoms with Crippen molar-refractivity contribution in [2.24, 2.45) is 0 Å². The first kappa shape index (κ1) is 19.5. The van der Waals surface area contributed by atoms with Crippen molar-refractivity contribution >= 4 is 21.8 Å². The second kappa shape index (κ2) is 6.92. The number of para-hydroxylation sites is 1. The van der Waals surface area contributed by atoms with Gasteiger partial charge in [0.2, 0.25) is 0 Å². The van der Waals surface area contributed by atoms with Crippen molar-refractivity contribution in [2.75, 3.05) is 0 Å². The average molecular weight is 319 g/mol. The molecule has 0 atom stereocenters. The minimum atomic E-state index is 0. The lowest BCUT2D eigenvalue weighted by Gasteiger charge is -2.01. The van der Waals surface area contributed by atoms with Crippen molar-refractivity contribution in [3.05, 3.63) is 71.8 Å². The third kappa shape index (κ3) is 2.41. The molecule has 1 heteroatoms. The summed E-state index contributed by atoms with van der Waals surface area (Å²) in [7, 11) is 0. The Morgan fingerprint density at radius 2 is 1.33 bits per heavy atom. The van der Waals surface area contributed by atoms with Gasteiger partial charge in [0, 0.05) is 22.7 Å². The predicted octanol–water partition coefficient (Wildman–Crippen LogP) is 7.44. The van der Waals surface area contributed by atoms with Crippen LogP contribution in [0.2, 0.25) is 0 Å². The standard InChI is InChI=1S/C19H13N.4CH4/c1-2-6-13-12(5-1)11-17-14(13)9-10-16-15-7-3-4-8-18(15)20-19(16)17;;;;/h1-10,20H,11H2;4*1H4. The van der Waals surface area contributed by atoms with Gasteiger partial charge in [0.25, 0.3) is 0 Å². The fourth-order valence-corrected chi connectivity index (χ4v) is 3.54. The van der Waals surface area contributed by atoms with Crippen LogP contribution in [0.3, 0.4) is 0 Å². The molecule has 1 aliphatic rings. The van der Waals surface area contributed by atoms with Crippen LogP contribution in [0.4, 0.5) is 0 Å². The van der Waals surface area contributed by atoms with E-state index in [2.05, 4.69) is 65.6 Å². The van der Waals surface area contributed by atoms with Crippen LogP contribution in [-0.4, -0.2) is 4.98 Å². The van der Waals surface area contributed by atoms with E-state index in [1.54, 1.807) is 0 Å². The summed E-state index contributed by atoms with van der Waals surface area (Å²) >= 11 is 0. The lowest BCUT2D eigenvalue weighted by Crippen LogP contribution is -1.82. The van der Waals surface area contributed by atoms with Crippen LogP contribution in [0.1, 0.15) is 40.8 Å². The first-order valence-electron chi connectivity index (χ1n) is 7.02. The van der Waals surface area contributed by atoms with E-state index in [1.807, 2.05) is 0 Å².